The molecule has 0 radical (unpaired) electrons. The van der Waals surface area contributed by atoms with Gasteiger partial charge < -0.3 is 0 Å². The topological polar surface area (TPSA) is 0 Å². The Bertz CT molecular complexity index is 139. The fraction of sp³-hybridized carbons (Fsp3) is 0.556. The van der Waals surface area contributed by atoms with Crippen LogP contribution in [0.25, 0.3) is 0 Å². The summed E-state index contributed by atoms with van der Waals surface area (Å²) >= 11 is 3.30. The van der Waals surface area contributed by atoms with Gasteiger partial charge in [-0.25, -0.2) is 0 Å². The average Bonchev–Trinajstić information content (AvgIpc) is 1.87. The Morgan fingerprint density at radius 3 is 2.30 bits per heavy atom. The smallest absolute Gasteiger partial charge is 0.0200 e. The van der Waals surface area contributed by atoms with Crippen LogP contribution in [0.2, 0.25) is 0 Å². The lowest BCUT2D eigenvalue weighted by Crippen LogP contribution is -1.74. The molecular formula is C9H15Br. The van der Waals surface area contributed by atoms with E-state index in [0.717, 1.165) is 12.8 Å². The van der Waals surface area contributed by atoms with Crippen molar-refractivity contribution in [3.05, 3.63) is 22.2 Å². The van der Waals surface area contributed by atoms with E-state index in [1.54, 1.807) is 0 Å². The molecule has 0 atom stereocenters. The lowest BCUT2D eigenvalue weighted by atomic mass is 10.1. The van der Waals surface area contributed by atoms with E-state index in [4.69, 9.17) is 0 Å². The molecule has 0 fully saturated rings. The molecule has 0 aliphatic carbocycles. The van der Waals surface area contributed by atoms with Crippen LogP contribution in [0.4, 0.5) is 0 Å². The van der Waals surface area contributed by atoms with Crippen molar-refractivity contribution in [2.24, 2.45) is 0 Å². The molecule has 10 heavy (non-hydrogen) atoms. The van der Waals surface area contributed by atoms with E-state index < -0.39 is 0 Å². The van der Waals surface area contributed by atoms with Crippen LogP contribution in [0.3, 0.4) is 0 Å². The molecule has 0 unspecified atom stereocenters. The van der Waals surface area contributed by atoms with Gasteiger partial charge in [-0.1, -0.05) is 33.2 Å². The maximum Gasteiger partial charge on any atom is -0.0200 e. The Kier molecular flexibility index (Phi) is 5.70. The van der Waals surface area contributed by atoms with Crippen LogP contribution in [0.1, 0.15) is 33.6 Å². The van der Waals surface area contributed by atoms with Gasteiger partial charge in [-0.05, 0) is 38.6 Å². The Morgan fingerprint density at radius 1 is 1.30 bits per heavy atom. The van der Waals surface area contributed by atoms with Crippen molar-refractivity contribution >= 4 is 15.9 Å². The van der Waals surface area contributed by atoms with Crippen LogP contribution in [-0.4, -0.2) is 0 Å². The van der Waals surface area contributed by atoms with Crippen molar-refractivity contribution in [1.29, 1.82) is 0 Å². The highest BCUT2D eigenvalue weighted by atomic mass is 79.9. The summed E-state index contributed by atoms with van der Waals surface area (Å²) in [4.78, 5) is 1.99. The molecule has 0 aromatic rings. The maximum absolute atomic E-state index is 3.30. The van der Waals surface area contributed by atoms with Gasteiger partial charge in [-0.3, -0.25) is 0 Å². The molecule has 1 heteroatoms. The molecule has 0 aliphatic rings. The van der Waals surface area contributed by atoms with Gasteiger partial charge in [-0.15, -0.1) is 0 Å². The van der Waals surface area contributed by atoms with Crippen molar-refractivity contribution < 1.29 is 0 Å². The molecule has 0 saturated heterocycles. The number of hydrogen-bond acceptors (Lipinski definition) is 0. The molecule has 0 rings (SSSR count). The third kappa shape index (κ3) is 6.09. The molecule has 0 aromatic heterocycles. The molecule has 0 saturated carbocycles. The van der Waals surface area contributed by atoms with Crippen LogP contribution < -0.4 is 0 Å². The standard InChI is InChI=1S/C9H15Br/c1-8(2)5-4-6-9(3)7-10/h5,7H,4,6H2,1-3H3/b9-7+. The number of halogens is 1. The first-order chi connectivity index (χ1) is 4.66. The van der Waals surface area contributed by atoms with Gasteiger partial charge in [0.25, 0.3) is 0 Å². The van der Waals surface area contributed by atoms with Gasteiger partial charge >= 0.3 is 0 Å². The zero-order valence-corrected chi connectivity index (χ0v) is 8.53. The summed E-state index contributed by atoms with van der Waals surface area (Å²) in [5.74, 6) is 0. The first kappa shape index (κ1) is 9.96. The monoisotopic (exact) mass is 202 g/mol. The Morgan fingerprint density at radius 2 is 1.90 bits per heavy atom. The lowest BCUT2D eigenvalue weighted by molar-refractivity contribution is 0.971. The van der Waals surface area contributed by atoms with Gasteiger partial charge in [-0.2, -0.15) is 0 Å². The molecule has 58 valence electrons. The molecule has 0 amide bonds. The predicted molar refractivity (Wildman–Crippen MR) is 51.3 cm³/mol. The Labute approximate surface area is 72.1 Å². The molecule has 0 spiro atoms. The molecule has 0 aromatic carbocycles. The normalized spacial score (nSPS) is 11.4. The zero-order valence-electron chi connectivity index (χ0n) is 6.95. The lowest BCUT2D eigenvalue weighted by Gasteiger charge is -1.94. The Balaban J connectivity index is 3.47. The van der Waals surface area contributed by atoms with Gasteiger partial charge in [0.2, 0.25) is 0 Å². The predicted octanol–water partition coefficient (Wildman–Crippen LogP) is 4.03. The minimum atomic E-state index is 1.16. The van der Waals surface area contributed by atoms with Gasteiger partial charge in [0.1, 0.15) is 0 Å². The highest BCUT2D eigenvalue weighted by Crippen LogP contribution is 2.07. The molecule has 0 heterocycles. The van der Waals surface area contributed by atoms with Crippen molar-refractivity contribution in [1.82, 2.24) is 0 Å². The van der Waals surface area contributed by atoms with Crippen molar-refractivity contribution in [3.63, 3.8) is 0 Å². The molecule has 0 nitrogen and oxygen atoms in total. The van der Waals surface area contributed by atoms with E-state index in [1.807, 2.05) is 4.99 Å². The van der Waals surface area contributed by atoms with Crippen LogP contribution in [0, 0.1) is 0 Å². The maximum atomic E-state index is 3.30. The summed E-state index contributed by atoms with van der Waals surface area (Å²) in [6, 6.07) is 0. The number of allylic oxidation sites excluding steroid dienone is 3. The minimum Gasteiger partial charge on any atom is -0.0856 e. The summed E-state index contributed by atoms with van der Waals surface area (Å²) in [7, 11) is 0. The van der Waals surface area contributed by atoms with Crippen LogP contribution in [-0.2, 0) is 0 Å². The second-order valence-corrected chi connectivity index (χ2v) is 3.23. The van der Waals surface area contributed by atoms with E-state index in [0.29, 0.717) is 0 Å². The largest absolute Gasteiger partial charge is 0.0856 e. The van der Waals surface area contributed by atoms with Crippen LogP contribution in [0.5, 0.6) is 0 Å². The first-order valence-corrected chi connectivity index (χ1v) is 4.47. The van der Waals surface area contributed by atoms with E-state index in [1.165, 1.54) is 11.1 Å². The highest BCUT2D eigenvalue weighted by molar-refractivity contribution is 9.11. The van der Waals surface area contributed by atoms with Crippen molar-refractivity contribution in [2.75, 3.05) is 0 Å². The van der Waals surface area contributed by atoms with E-state index in [9.17, 15) is 0 Å². The molecule has 0 N–H and O–H groups in total. The van der Waals surface area contributed by atoms with E-state index in [2.05, 4.69) is 42.8 Å². The fourth-order valence-corrected chi connectivity index (χ4v) is 0.872. The summed E-state index contributed by atoms with van der Waals surface area (Å²) in [6.07, 6.45) is 4.59. The van der Waals surface area contributed by atoms with Crippen molar-refractivity contribution in [2.45, 2.75) is 33.6 Å². The zero-order chi connectivity index (χ0) is 7.98. The summed E-state index contributed by atoms with van der Waals surface area (Å²) < 4.78 is 0. The SMILES string of the molecule is CC(C)=CCC/C(C)=C/Br. The second kappa shape index (κ2) is 5.72. The fourth-order valence-electron chi connectivity index (χ4n) is 0.643. The summed E-state index contributed by atoms with van der Waals surface area (Å²) in [5.41, 5.74) is 2.81. The van der Waals surface area contributed by atoms with Gasteiger partial charge in [0.05, 0.1) is 0 Å². The third-order valence-corrected chi connectivity index (χ3v) is 2.06. The number of rotatable bonds is 3. The van der Waals surface area contributed by atoms with Gasteiger partial charge in [0.15, 0.2) is 0 Å². The summed E-state index contributed by atoms with van der Waals surface area (Å²) in [6.45, 7) is 6.40. The number of hydrogen-bond donors (Lipinski definition) is 0. The molecular weight excluding hydrogens is 188 g/mol. The average molecular weight is 203 g/mol. The molecule has 0 aliphatic heterocycles. The minimum absolute atomic E-state index is 1.16. The van der Waals surface area contributed by atoms with E-state index in [-0.39, 0.29) is 0 Å². The van der Waals surface area contributed by atoms with Crippen LogP contribution >= 0.6 is 15.9 Å². The summed E-state index contributed by atoms with van der Waals surface area (Å²) in [5, 5.41) is 0. The molecule has 0 bridgehead atoms. The Hall–Kier alpha value is -0.0400. The van der Waals surface area contributed by atoms with Crippen LogP contribution in [0.15, 0.2) is 22.2 Å². The highest BCUT2D eigenvalue weighted by Gasteiger charge is 1.85. The first-order valence-electron chi connectivity index (χ1n) is 3.56. The van der Waals surface area contributed by atoms with Crippen molar-refractivity contribution in [3.8, 4) is 0 Å². The second-order valence-electron chi connectivity index (χ2n) is 2.78. The van der Waals surface area contributed by atoms with Gasteiger partial charge in [0, 0.05) is 0 Å². The van der Waals surface area contributed by atoms with E-state index >= 15 is 0 Å². The third-order valence-electron chi connectivity index (χ3n) is 1.28. The quantitative estimate of drug-likeness (QED) is 0.607.